The summed E-state index contributed by atoms with van der Waals surface area (Å²) in [6, 6.07) is 12.9. The number of hydrogen-bond acceptors (Lipinski definition) is 4. The van der Waals surface area contributed by atoms with Gasteiger partial charge in [-0.15, -0.1) is 6.42 Å². The Balaban J connectivity index is 1.80. The minimum atomic E-state index is -0.431. The Morgan fingerprint density at radius 1 is 1.15 bits per heavy atom. The van der Waals surface area contributed by atoms with Gasteiger partial charge in [0.15, 0.2) is 5.75 Å². The van der Waals surface area contributed by atoms with E-state index >= 15 is 0 Å². The first-order chi connectivity index (χ1) is 13.0. The van der Waals surface area contributed by atoms with E-state index in [9.17, 15) is 9.59 Å². The molecule has 7 heteroatoms. The molecule has 3 rings (SSSR count). The highest BCUT2D eigenvalue weighted by atomic mass is 35.5. The average molecular weight is 418 g/mol. The largest absolute Gasteiger partial charge is 0.486 e. The predicted molar refractivity (Wildman–Crippen MR) is 109 cm³/mol. The second-order valence-corrected chi connectivity index (χ2v) is 7.37. The molecule has 1 aliphatic rings. The number of carbonyl (C=O) groups excluding carboxylic acids is 2. The van der Waals surface area contributed by atoms with Crippen molar-refractivity contribution in [3.8, 4) is 18.1 Å². The first kappa shape index (κ1) is 19.4. The number of ether oxygens (including phenoxy) is 1. The van der Waals surface area contributed by atoms with E-state index in [1.807, 2.05) is 30.3 Å². The van der Waals surface area contributed by atoms with E-state index in [0.29, 0.717) is 28.0 Å². The van der Waals surface area contributed by atoms with Crippen LogP contribution in [0, 0.1) is 12.3 Å². The zero-order chi connectivity index (χ0) is 19.4. The summed E-state index contributed by atoms with van der Waals surface area (Å²) in [4.78, 5) is 25.4. The Morgan fingerprint density at radius 3 is 2.44 bits per heavy atom. The number of amides is 2. The number of halogens is 2. The van der Waals surface area contributed by atoms with E-state index in [2.05, 4.69) is 5.92 Å². The summed E-state index contributed by atoms with van der Waals surface area (Å²) in [5.74, 6) is 2.22. The summed E-state index contributed by atoms with van der Waals surface area (Å²) < 4.78 is 5.72. The summed E-state index contributed by atoms with van der Waals surface area (Å²) in [6.45, 7) is 0.264. The van der Waals surface area contributed by atoms with E-state index in [1.54, 1.807) is 18.2 Å². The Bertz CT molecular complexity index is 944. The highest BCUT2D eigenvalue weighted by Crippen LogP contribution is 2.37. The highest BCUT2D eigenvalue weighted by Gasteiger charge is 2.34. The molecule has 2 aromatic rings. The van der Waals surface area contributed by atoms with Crippen LogP contribution in [0.2, 0.25) is 10.0 Å². The number of benzene rings is 2. The van der Waals surface area contributed by atoms with Crippen LogP contribution in [0.1, 0.15) is 11.1 Å². The molecular formula is C20H13Cl2NO3S. The number of rotatable bonds is 5. The third-order valence-corrected chi connectivity index (χ3v) is 5.14. The van der Waals surface area contributed by atoms with Crippen molar-refractivity contribution < 1.29 is 14.3 Å². The van der Waals surface area contributed by atoms with E-state index < -0.39 is 11.1 Å². The molecule has 1 aliphatic heterocycles. The minimum Gasteiger partial charge on any atom is -0.486 e. The third-order valence-electron chi connectivity index (χ3n) is 3.67. The van der Waals surface area contributed by atoms with Gasteiger partial charge in [0.2, 0.25) is 0 Å². The van der Waals surface area contributed by atoms with Crippen LogP contribution in [0.5, 0.6) is 5.75 Å². The highest BCUT2D eigenvalue weighted by molar-refractivity contribution is 8.18. The average Bonchev–Trinajstić information content (AvgIpc) is 2.90. The zero-order valence-corrected chi connectivity index (χ0v) is 16.3. The van der Waals surface area contributed by atoms with E-state index in [1.165, 1.54) is 0 Å². The van der Waals surface area contributed by atoms with Crippen molar-refractivity contribution in [3.63, 3.8) is 0 Å². The molecule has 0 aromatic heterocycles. The van der Waals surface area contributed by atoms with Crippen LogP contribution >= 0.6 is 35.0 Å². The lowest BCUT2D eigenvalue weighted by Crippen LogP contribution is -2.28. The molecule has 2 aromatic carbocycles. The lowest BCUT2D eigenvalue weighted by molar-refractivity contribution is -0.122. The molecular weight excluding hydrogens is 405 g/mol. The Hall–Kier alpha value is -2.39. The first-order valence-electron chi connectivity index (χ1n) is 7.84. The van der Waals surface area contributed by atoms with Crippen molar-refractivity contribution >= 4 is 52.2 Å². The van der Waals surface area contributed by atoms with Gasteiger partial charge in [0.05, 0.1) is 21.5 Å². The standard InChI is InChI=1S/C20H13Cl2NO3S/c1-2-8-23-19(24)17(27-20(23)25)11-14-9-15(21)18(16(22)10-14)26-12-13-6-4-3-5-7-13/h1,3-7,9-11H,8,12H2/b17-11+. The summed E-state index contributed by atoms with van der Waals surface area (Å²) in [5.41, 5.74) is 1.57. The van der Waals surface area contributed by atoms with Crippen LogP contribution in [0.3, 0.4) is 0 Å². The lowest BCUT2D eigenvalue weighted by Gasteiger charge is -2.11. The van der Waals surface area contributed by atoms with E-state index in [0.717, 1.165) is 22.2 Å². The quantitative estimate of drug-likeness (QED) is 0.492. The molecule has 0 unspecified atom stereocenters. The van der Waals surface area contributed by atoms with Gasteiger partial charge in [0.25, 0.3) is 11.1 Å². The molecule has 0 N–H and O–H groups in total. The Kier molecular flexibility index (Phi) is 6.12. The Morgan fingerprint density at radius 2 is 1.81 bits per heavy atom. The fourth-order valence-electron chi connectivity index (χ4n) is 2.41. The van der Waals surface area contributed by atoms with Crippen LogP contribution in [-0.2, 0) is 11.4 Å². The lowest BCUT2D eigenvalue weighted by atomic mass is 10.2. The van der Waals surface area contributed by atoms with Crippen molar-refractivity contribution in [3.05, 3.63) is 68.5 Å². The van der Waals surface area contributed by atoms with E-state index in [4.69, 9.17) is 34.4 Å². The first-order valence-corrected chi connectivity index (χ1v) is 9.41. The van der Waals surface area contributed by atoms with Crippen molar-refractivity contribution in [1.82, 2.24) is 4.90 Å². The topological polar surface area (TPSA) is 46.6 Å². The molecule has 0 saturated carbocycles. The number of hydrogen-bond donors (Lipinski definition) is 0. The Labute approximate surface area is 171 Å². The SMILES string of the molecule is C#CCN1C(=O)S/C(=C/c2cc(Cl)c(OCc3ccccc3)c(Cl)c2)C1=O. The normalized spacial score (nSPS) is 15.3. The van der Waals surface area contributed by atoms with Crippen LogP contribution in [0.4, 0.5) is 4.79 Å². The number of thioether (sulfide) groups is 1. The van der Waals surface area contributed by atoms with Gasteiger partial charge in [-0.25, -0.2) is 0 Å². The van der Waals surface area contributed by atoms with Gasteiger partial charge in [-0.05, 0) is 41.1 Å². The van der Waals surface area contributed by atoms with E-state index in [-0.39, 0.29) is 11.4 Å². The minimum absolute atomic E-state index is 0.0597. The van der Waals surface area contributed by atoms with Crippen molar-refractivity contribution in [2.24, 2.45) is 0 Å². The summed E-state index contributed by atoms with van der Waals surface area (Å²) in [5, 5.41) is 0.226. The van der Waals surface area contributed by atoms with Crippen molar-refractivity contribution in [2.45, 2.75) is 6.61 Å². The molecule has 0 spiro atoms. The van der Waals surface area contributed by atoms with Crippen molar-refractivity contribution in [2.75, 3.05) is 6.54 Å². The maximum absolute atomic E-state index is 12.2. The molecule has 0 radical (unpaired) electrons. The van der Waals surface area contributed by atoms with Crippen LogP contribution in [-0.4, -0.2) is 22.6 Å². The number of nitrogens with zero attached hydrogens (tertiary/aromatic N) is 1. The molecule has 1 fully saturated rings. The number of imide groups is 1. The molecule has 0 atom stereocenters. The predicted octanol–water partition coefficient (Wildman–Crippen LogP) is 5.24. The van der Waals surface area contributed by atoms with Gasteiger partial charge in [-0.2, -0.15) is 0 Å². The van der Waals surface area contributed by atoms with Gasteiger partial charge in [0.1, 0.15) is 6.61 Å². The molecule has 0 bridgehead atoms. The molecule has 4 nitrogen and oxygen atoms in total. The molecule has 1 saturated heterocycles. The monoisotopic (exact) mass is 417 g/mol. The third kappa shape index (κ3) is 4.48. The molecule has 1 heterocycles. The van der Waals surface area contributed by atoms with Gasteiger partial charge in [-0.1, -0.05) is 59.5 Å². The summed E-state index contributed by atoms with van der Waals surface area (Å²) >= 11 is 13.4. The second-order valence-electron chi connectivity index (χ2n) is 5.56. The molecule has 136 valence electrons. The summed E-state index contributed by atoms with van der Waals surface area (Å²) in [6.07, 6.45) is 6.74. The molecule has 2 amide bonds. The number of carbonyl (C=O) groups is 2. The van der Waals surface area contributed by atoms with Crippen LogP contribution in [0.15, 0.2) is 47.4 Å². The maximum atomic E-state index is 12.2. The maximum Gasteiger partial charge on any atom is 0.294 e. The van der Waals surface area contributed by atoms with Gasteiger partial charge >= 0.3 is 0 Å². The second kappa shape index (κ2) is 8.53. The van der Waals surface area contributed by atoms with Crippen LogP contribution in [0.25, 0.3) is 6.08 Å². The molecule has 27 heavy (non-hydrogen) atoms. The fraction of sp³-hybridized carbons (Fsp3) is 0.100. The van der Waals surface area contributed by atoms with Gasteiger partial charge < -0.3 is 4.74 Å². The summed E-state index contributed by atoms with van der Waals surface area (Å²) in [7, 11) is 0. The van der Waals surface area contributed by atoms with Gasteiger partial charge in [-0.3, -0.25) is 14.5 Å². The van der Waals surface area contributed by atoms with Gasteiger partial charge in [0, 0.05) is 0 Å². The van der Waals surface area contributed by atoms with Crippen LogP contribution < -0.4 is 4.74 Å². The smallest absolute Gasteiger partial charge is 0.294 e. The zero-order valence-electron chi connectivity index (χ0n) is 13.9. The number of terminal acetylenes is 1. The van der Waals surface area contributed by atoms with Crippen molar-refractivity contribution in [1.29, 1.82) is 0 Å². The molecule has 0 aliphatic carbocycles. The fourth-order valence-corrected chi connectivity index (χ4v) is 3.86.